The van der Waals surface area contributed by atoms with Crippen LogP contribution in [0.2, 0.25) is 0 Å². The lowest BCUT2D eigenvalue weighted by Gasteiger charge is -2.37. The molecule has 128 valence electrons. The van der Waals surface area contributed by atoms with E-state index < -0.39 is 0 Å². The molecule has 5 heteroatoms. The van der Waals surface area contributed by atoms with Gasteiger partial charge >= 0.3 is 6.03 Å². The van der Waals surface area contributed by atoms with Crippen molar-refractivity contribution in [2.45, 2.75) is 33.4 Å². The molecule has 1 aromatic carbocycles. The summed E-state index contributed by atoms with van der Waals surface area (Å²) < 4.78 is 0. The van der Waals surface area contributed by atoms with E-state index in [0.717, 1.165) is 19.6 Å². The highest BCUT2D eigenvalue weighted by atomic mass is 16.2. The van der Waals surface area contributed by atoms with Crippen LogP contribution in [0.25, 0.3) is 0 Å². The fourth-order valence-electron chi connectivity index (χ4n) is 3.25. The van der Waals surface area contributed by atoms with Crippen LogP contribution in [0.5, 0.6) is 0 Å². The van der Waals surface area contributed by atoms with Gasteiger partial charge in [-0.2, -0.15) is 0 Å². The Hall–Kier alpha value is -1.59. The van der Waals surface area contributed by atoms with Gasteiger partial charge in [0.2, 0.25) is 0 Å². The van der Waals surface area contributed by atoms with Crippen molar-refractivity contribution in [1.82, 2.24) is 20.4 Å². The lowest BCUT2D eigenvalue weighted by Crippen LogP contribution is -2.55. The van der Waals surface area contributed by atoms with Crippen molar-refractivity contribution in [3.8, 4) is 0 Å². The second-order valence-electron chi connectivity index (χ2n) is 6.84. The van der Waals surface area contributed by atoms with Crippen LogP contribution in [0, 0.1) is 20.8 Å². The zero-order chi connectivity index (χ0) is 17.0. The molecule has 5 nitrogen and oxygen atoms in total. The molecule has 23 heavy (non-hydrogen) atoms. The number of nitrogens with one attached hydrogen (secondary N) is 2. The van der Waals surface area contributed by atoms with Gasteiger partial charge in [-0.25, -0.2) is 4.79 Å². The number of hydrogen-bond acceptors (Lipinski definition) is 3. The molecule has 0 spiro atoms. The van der Waals surface area contributed by atoms with E-state index in [2.05, 4.69) is 67.4 Å². The van der Waals surface area contributed by atoms with Crippen molar-refractivity contribution in [2.75, 3.05) is 40.3 Å². The van der Waals surface area contributed by atoms with Crippen LogP contribution in [0.3, 0.4) is 0 Å². The van der Waals surface area contributed by atoms with Gasteiger partial charge in [-0.1, -0.05) is 17.7 Å². The van der Waals surface area contributed by atoms with Gasteiger partial charge in [0.05, 0.1) is 0 Å². The van der Waals surface area contributed by atoms with Gasteiger partial charge in [0.15, 0.2) is 0 Å². The summed E-state index contributed by atoms with van der Waals surface area (Å²) in [6, 6.07) is 4.61. The average molecular weight is 318 g/mol. The summed E-state index contributed by atoms with van der Waals surface area (Å²) in [5, 5.41) is 5.99. The van der Waals surface area contributed by atoms with Crippen molar-refractivity contribution in [1.29, 1.82) is 0 Å². The Bertz CT molecular complexity index is 535. The maximum Gasteiger partial charge on any atom is 0.315 e. The van der Waals surface area contributed by atoms with Crippen LogP contribution < -0.4 is 10.6 Å². The number of hydrogen-bond donors (Lipinski definition) is 2. The Balaban J connectivity index is 1.81. The number of urea groups is 1. The molecule has 2 amide bonds. The van der Waals surface area contributed by atoms with E-state index in [9.17, 15) is 4.79 Å². The largest absolute Gasteiger partial charge is 0.337 e. The minimum Gasteiger partial charge on any atom is -0.337 e. The van der Waals surface area contributed by atoms with Gasteiger partial charge in [-0.3, -0.25) is 4.90 Å². The number of amides is 2. The molecule has 2 rings (SSSR count). The van der Waals surface area contributed by atoms with E-state index >= 15 is 0 Å². The molecule has 1 aromatic rings. The number of carbonyl (C=O) groups excluding carboxylic acids is 1. The number of nitrogens with zero attached hydrogens (tertiary/aromatic N) is 2. The third-order valence-corrected chi connectivity index (χ3v) is 4.74. The maximum atomic E-state index is 12.1. The van der Waals surface area contributed by atoms with Crippen LogP contribution in [0.15, 0.2) is 12.1 Å². The molecule has 0 aliphatic carbocycles. The van der Waals surface area contributed by atoms with Crippen molar-refractivity contribution in [3.63, 3.8) is 0 Å². The standard InChI is InChI=1S/C18H30N4O/c1-13-8-14(2)17(15(3)9-13)11-20-18(23)19-10-16-12-21(4)6-7-22(16)5/h8-9,16H,6-7,10-12H2,1-5H3,(H2,19,20,23). The molecule has 1 aliphatic heterocycles. The lowest BCUT2D eigenvalue weighted by atomic mass is 10.00. The lowest BCUT2D eigenvalue weighted by molar-refractivity contribution is 0.114. The summed E-state index contributed by atoms with van der Waals surface area (Å²) in [6.07, 6.45) is 0. The Labute approximate surface area is 140 Å². The average Bonchev–Trinajstić information content (AvgIpc) is 2.47. The van der Waals surface area contributed by atoms with E-state index in [0.29, 0.717) is 19.1 Å². The molecule has 0 aromatic heterocycles. The molecule has 0 radical (unpaired) electrons. The zero-order valence-corrected chi connectivity index (χ0v) is 15.1. The molecule has 0 bridgehead atoms. The Morgan fingerprint density at radius 3 is 2.43 bits per heavy atom. The van der Waals surface area contributed by atoms with Crippen LogP contribution in [-0.4, -0.2) is 62.1 Å². The van der Waals surface area contributed by atoms with Gasteiger partial charge in [-0.05, 0) is 51.6 Å². The smallest absolute Gasteiger partial charge is 0.315 e. The van der Waals surface area contributed by atoms with E-state index in [-0.39, 0.29) is 6.03 Å². The molecule has 1 saturated heterocycles. The molecular formula is C18H30N4O. The number of carbonyl (C=O) groups is 1. The summed E-state index contributed by atoms with van der Waals surface area (Å²) in [5.74, 6) is 0. The molecule has 1 fully saturated rings. The Morgan fingerprint density at radius 2 is 1.78 bits per heavy atom. The van der Waals surface area contributed by atoms with Crippen molar-refractivity contribution >= 4 is 6.03 Å². The highest BCUT2D eigenvalue weighted by molar-refractivity contribution is 5.74. The fraction of sp³-hybridized carbons (Fsp3) is 0.611. The predicted molar refractivity (Wildman–Crippen MR) is 94.8 cm³/mol. The fourth-order valence-corrected chi connectivity index (χ4v) is 3.25. The Morgan fingerprint density at radius 1 is 1.13 bits per heavy atom. The highest BCUT2D eigenvalue weighted by Crippen LogP contribution is 2.15. The van der Waals surface area contributed by atoms with Crippen molar-refractivity contribution in [3.05, 3.63) is 34.4 Å². The van der Waals surface area contributed by atoms with E-state index in [1.54, 1.807) is 0 Å². The molecule has 1 atom stereocenters. The second-order valence-corrected chi connectivity index (χ2v) is 6.84. The quantitative estimate of drug-likeness (QED) is 0.887. The first-order valence-electron chi connectivity index (χ1n) is 8.34. The molecule has 1 heterocycles. The third-order valence-electron chi connectivity index (χ3n) is 4.74. The summed E-state index contributed by atoms with van der Waals surface area (Å²) in [4.78, 5) is 16.7. The predicted octanol–water partition coefficient (Wildman–Crippen LogP) is 1.66. The molecule has 2 N–H and O–H groups in total. The summed E-state index contributed by atoms with van der Waals surface area (Å²) in [6.45, 7) is 10.7. The van der Waals surface area contributed by atoms with Gasteiger partial charge in [0.1, 0.15) is 0 Å². The van der Waals surface area contributed by atoms with Crippen molar-refractivity contribution in [2.24, 2.45) is 0 Å². The number of benzene rings is 1. The molecular weight excluding hydrogens is 288 g/mol. The highest BCUT2D eigenvalue weighted by Gasteiger charge is 2.22. The minimum absolute atomic E-state index is 0.0917. The molecule has 1 unspecified atom stereocenters. The van der Waals surface area contributed by atoms with Gasteiger partial charge < -0.3 is 15.5 Å². The second kappa shape index (κ2) is 7.79. The van der Waals surface area contributed by atoms with Gasteiger partial charge in [-0.15, -0.1) is 0 Å². The van der Waals surface area contributed by atoms with E-state index in [4.69, 9.17) is 0 Å². The first-order chi connectivity index (χ1) is 10.9. The first-order valence-corrected chi connectivity index (χ1v) is 8.34. The van der Waals surface area contributed by atoms with Crippen LogP contribution >= 0.6 is 0 Å². The number of aryl methyl sites for hydroxylation is 3. The summed E-state index contributed by atoms with van der Waals surface area (Å²) in [7, 11) is 4.25. The van der Waals surface area contributed by atoms with E-state index in [1.165, 1.54) is 22.3 Å². The van der Waals surface area contributed by atoms with Gasteiger partial charge in [0.25, 0.3) is 0 Å². The van der Waals surface area contributed by atoms with E-state index in [1.807, 2.05) is 0 Å². The maximum absolute atomic E-state index is 12.1. The van der Waals surface area contributed by atoms with Crippen molar-refractivity contribution < 1.29 is 4.79 Å². The number of rotatable bonds is 4. The number of piperazine rings is 1. The zero-order valence-electron chi connectivity index (χ0n) is 15.1. The molecule has 0 saturated carbocycles. The van der Waals surface area contributed by atoms with Crippen LogP contribution in [-0.2, 0) is 6.54 Å². The first kappa shape index (κ1) is 17.8. The third kappa shape index (κ3) is 4.94. The topological polar surface area (TPSA) is 47.6 Å². The monoisotopic (exact) mass is 318 g/mol. The summed E-state index contributed by atoms with van der Waals surface area (Å²) >= 11 is 0. The summed E-state index contributed by atoms with van der Waals surface area (Å²) in [5.41, 5.74) is 4.94. The van der Waals surface area contributed by atoms with Crippen LogP contribution in [0.1, 0.15) is 22.3 Å². The number of likely N-dealkylation sites (N-methyl/N-ethyl adjacent to an activating group) is 2. The van der Waals surface area contributed by atoms with Gasteiger partial charge in [0, 0.05) is 38.8 Å². The Kier molecular flexibility index (Phi) is 6.02. The molecule has 1 aliphatic rings. The SMILES string of the molecule is Cc1cc(C)c(CNC(=O)NCC2CN(C)CCN2C)c(C)c1. The van der Waals surface area contributed by atoms with Crippen LogP contribution in [0.4, 0.5) is 4.79 Å². The minimum atomic E-state index is -0.0917. The normalized spacial score (nSPS) is 19.6.